The standard InChI is InChI=1S/C20H18O6/c1-11-19(13-5-7-14(23-3)8-6-13)20(22)15-9-17(24-4)18(26-12(2)21)10-16(15)25-11/h5-10H,1-4H3. The quantitative estimate of drug-likeness (QED) is 0.525. The highest BCUT2D eigenvalue weighted by molar-refractivity contribution is 5.86. The Bertz CT molecular complexity index is 1030. The lowest BCUT2D eigenvalue weighted by Crippen LogP contribution is -2.09. The molecular formula is C20H18O6. The number of methoxy groups -OCH3 is 2. The molecule has 0 aliphatic rings. The highest BCUT2D eigenvalue weighted by atomic mass is 16.6. The molecule has 0 saturated carbocycles. The summed E-state index contributed by atoms with van der Waals surface area (Å²) in [6, 6.07) is 10.2. The van der Waals surface area contributed by atoms with E-state index in [-0.39, 0.29) is 16.9 Å². The minimum atomic E-state index is -0.489. The Balaban J connectivity index is 2.23. The van der Waals surface area contributed by atoms with E-state index < -0.39 is 5.97 Å². The number of hydrogen-bond donors (Lipinski definition) is 0. The van der Waals surface area contributed by atoms with Gasteiger partial charge in [-0.1, -0.05) is 12.1 Å². The molecule has 0 saturated heterocycles. The molecule has 0 unspecified atom stereocenters. The summed E-state index contributed by atoms with van der Waals surface area (Å²) in [4.78, 5) is 24.3. The second-order valence-electron chi connectivity index (χ2n) is 5.68. The highest BCUT2D eigenvalue weighted by Crippen LogP contribution is 2.34. The van der Waals surface area contributed by atoms with Crippen LogP contribution >= 0.6 is 0 Å². The van der Waals surface area contributed by atoms with Gasteiger partial charge in [0.1, 0.15) is 17.1 Å². The molecule has 1 aromatic heterocycles. The molecule has 3 rings (SSSR count). The predicted octanol–water partition coefficient (Wildman–Crippen LogP) is 3.71. The summed E-state index contributed by atoms with van der Waals surface area (Å²) in [5.74, 6) is 1.16. The average molecular weight is 354 g/mol. The molecule has 0 aliphatic heterocycles. The monoisotopic (exact) mass is 354 g/mol. The summed E-state index contributed by atoms with van der Waals surface area (Å²) in [5, 5.41) is 0.342. The average Bonchev–Trinajstić information content (AvgIpc) is 2.61. The number of ether oxygens (including phenoxy) is 3. The molecule has 0 aliphatic carbocycles. The normalized spacial score (nSPS) is 10.6. The molecule has 0 amide bonds. The zero-order chi connectivity index (χ0) is 18.8. The van der Waals surface area contributed by atoms with Gasteiger partial charge in [0.25, 0.3) is 0 Å². The molecule has 0 N–H and O–H groups in total. The zero-order valence-corrected chi connectivity index (χ0v) is 14.9. The second-order valence-corrected chi connectivity index (χ2v) is 5.68. The second kappa shape index (κ2) is 6.92. The first kappa shape index (κ1) is 17.5. The Kier molecular flexibility index (Phi) is 4.67. The Morgan fingerprint density at radius 3 is 2.27 bits per heavy atom. The van der Waals surface area contributed by atoms with Gasteiger partial charge in [0.15, 0.2) is 11.5 Å². The van der Waals surface area contributed by atoms with E-state index in [9.17, 15) is 9.59 Å². The number of fused-ring (bicyclic) bond motifs is 1. The first-order valence-corrected chi connectivity index (χ1v) is 7.93. The van der Waals surface area contributed by atoms with Crippen molar-refractivity contribution in [1.29, 1.82) is 0 Å². The van der Waals surface area contributed by atoms with Crippen LogP contribution in [-0.2, 0) is 4.79 Å². The maximum Gasteiger partial charge on any atom is 0.308 e. The van der Waals surface area contributed by atoms with Crippen LogP contribution in [-0.4, -0.2) is 20.2 Å². The van der Waals surface area contributed by atoms with Gasteiger partial charge in [-0.2, -0.15) is 0 Å². The van der Waals surface area contributed by atoms with Crippen LogP contribution in [0.3, 0.4) is 0 Å². The van der Waals surface area contributed by atoms with Gasteiger partial charge in [-0.3, -0.25) is 9.59 Å². The Morgan fingerprint density at radius 2 is 1.69 bits per heavy atom. The third kappa shape index (κ3) is 3.13. The molecule has 0 spiro atoms. The maximum atomic E-state index is 13.1. The number of esters is 1. The fraction of sp³-hybridized carbons (Fsp3) is 0.200. The number of hydrogen-bond acceptors (Lipinski definition) is 6. The number of carbonyl (C=O) groups is 1. The summed E-state index contributed by atoms with van der Waals surface area (Å²) >= 11 is 0. The number of rotatable bonds is 4. The molecule has 0 bridgehead atoms. The number of aryl methyl sites for hydroxylation is 1. The summed E-state index contributed by atoms with van der Waals surface area (Å²) in [5.41, 5.74) is 1.31. The lowest BCUT2D eigenvalue weighted by Gasteiger charge is -2.11. The largest absolute Gasteiger partial charge is 0.497 e. The Labute approximate surface area is 149 Å². The van der Waals surface area contributed by atoms with E-state index in [0.29, 0.717) is 28.0 Å². The van der Waals surface area contributed by atoms with Crippen molar-refractivity contribution < 1.29 is 23.4 Å². The summed E-state index contributed by atoms with van der Waals surface area (Å²) in [7, 11) is 3.02. The molecular weight excluding hydrogens is 336 g/mol. The fourth-order valence-corrected chi connectivity index (χ4v) is 2.80. The third-order valence-electron chi connectivity index (χ3n) is 3.99. The van der Waals surface area contributed by atoms with Gasteiger partial charge < -0.3 is 18.6 Å². The summed E-state index contributed by atoms with van der Waals surface area (Å²) in [6.45, 7) is 3.01. The first-order chi connectivity index (χ1) is 12.4. The van der Waals surface area contributed by atoms with E-state index >= 15 is 0 Å². The van der Waals surface area contributed by atoms with Crippen LogP contribution < -0.4 is 19.6 Å². The van der Waals surface area contributed by atoms with Crippen LogP contribution in [0.5, 0.6) is 17.2 Å². The number of carbonyl (C=O) groups excluding carboxylic acids is 1. The number of benzene rings is 2. The highest BCUT2D eigenvalue weighted by Gasteiger charge is 2.17. The zero-order valence-electron chi connectivity index (χ0n) is 14.9. The van der Waals surface area contributed by atoms with Crippen LogP contribution in [0.4, 0.5) is 0 Å². The minimum absolute atomic E-state index is 0.193. The molecule has 6 nitrogen and oxygen atoms in total. The van der Waals surface area contributed by atoms with Crippen LogP contribution in [0, 0.1) is 6.92 Å². The van der Waals surface area contributed by atoms with E-state index in [1.54, 1.807) is 38.3 Å². The Morgan fingerprint density at radius 1 is 1.00 bits per heavy atom. The molecule has 0 fully saturated rings. The summed E-state index contributed by atoms with van der Waals surface area (Å²) in [6.07, 6.45) is 0. The van der Waals surface area contributed by atoms with E-state index in [1.165, 1.54) is 26.2 Å². The first-order valence-electron chi connectivity index (χ1n) is 7.93. The Hall–Kier alpha value is -3.28. The molecule has 2 aromatic carbocycles. The van der Waals surface area contributed by atoms with Crippen molar-refractivity contribution in [2.45, 2.75) is 13.8 Å². The minimum Gasteiger partial charge on any atom is -0.497 e. The van der Waals surface area contributed by atoms with Crippen molar-refractivity contribution in [1.82, 2.24) is 0 Å². The molecule has 3 aromatic rings. The van der Waals surface area contributed by atoms with E-state index in [1.807, 2.05) is 0 Å². The molecule has 0 radical (unpaired) electrons. The molecule has 134 valence electrons. The van der Waals surface area contributed by atoms with Gasteiger partial charge in [-0.25, -0.2) is 0 Å². The van der Waals surface area contributed by atoms with Gasteiger partial charge in [-0.05, 0) is 30.7 Å². The summed E-state index contributed by atoms with van der Waals surface area (Å²) < 4.78 is 21.3. The van der Waals surface area contributed by atoms with Crippen LogP contribution in [0.2, 0.25) is 0 Å². The molecule has 26 heavy (non-hydrogen) atoms. The van der Waals surface area contributed by atoms with E-state index in [4.69, 9.17) is 18.6 Å². The van der Waals surface area contributed by atoms with E-state index in [0.717, 1.165) is 5.56 Å². The predicted molar refractivity (Wildman–Crippen MR) is 97.1 cm³/mol. The van der Waals surface area contributed by atoms with Gasteiger partial charge >= 0.3 is 5.97 Å². The van der Waals surface area contributed by atoms with Gasteiger partial charge in [0, 0.05) is 13.0 Å². The maximum absolute atomic E-state index is 13.1. The fourth-order valence-electron chi connectivity index (χ4n) is 2.80. The van der Waals surface area contributed by atoms with Gasteiger partial charge in [0.05, 0.1) is 25.2 Å². The van der Waals surface area contributed by atoms with Crippen LogP contribution in [0.1, 0.15) is 12.7 Å². The SMILES string of the molecule is COc1ccc(-c2c(C)oc3cc(OC(C)=O)c(OC)cc3c2=O)cc1. The molecule has 1 heterocycles. The van der Waals surface area contributed by atoms with Crippen LogP contribution in [0.15, 0.2) is 45.6 Å². The van der Waals surface area contributed by atoms with Crippen molar-refractivity contribution in [3.63, 3.8) is 0 Å². The van der Waals surface area contributed by atoms with Crippen LogP contribution in [0.25, 0.3) is 22.1 Å². The molecule has 6 heteroatoms. The van der Waals surface area contributed by atoms with Gasteiger partial charge in [0.2, 0.25) is 5.43 Å². The van der Waals surface area contributed by atoms with Crippen molar-refractivity contribution >= 4 is 16.9 Å². The topological polar surface area (TPSA) is 75.0 Å². The van der Waals surface area contributed by atoms with Gasteiger partial charge in [-0.15, -0.1) is 0 Å². The van der Waals surface area contributed by atoms with Crippen molar-refractivity contribution in [2.75, 3.05) is 14.2 Å². The van der Waals surface area contributed by atoms with E-state index in [2.05, 4.69) is 0 Å². The van der Waals surface area contributed by atoms with Crippen molar-refractivity contribution in [2.24, 2.45) is 0 Å². The lowest BCUT2D eigenvalue weighted by atomic mass is 10.0. The van der Waals surface area contributed by atoms with Crippen molar-refractivity contribution in [3.05, 3.63) is 52.4 Å². The smallest absolute Gasteiger partial charge is 0.308 e. The lowest BCUT2D eigenvalue weighted by molar-refractivity contribution is -0.132. The van der Waals surface area contributed by atoms with Crippen molar-refractivity contribution in [3.8, 4) is 28.4 Å². The molecule has 0 atom stereocenters. The third-order valence-corrected chi connectivity index (χ3v) is 3.99.